The van der Waals surface area contributed by atoms with E-state index in [1.165, 1.54) is 0 Å². The van der Waals surface area contributed by atoms with E-state index in [1.807, 2.05) is 67.7 Å². The van der Waals surface area contributed by atoms with Crippen molar-refractivity contribution < 1.29 is 9.31 Å². The standard InChI is InChI=1S/C14H20BN3O2.C2H6/c1-9-7-11(17-18-8-10(2)16-12(9)18)15-19-13(3,4)14(5,6)20-15;1-2/h7-8H,1-6H3;1-2H3. The molecule has 1 fully saturated rings. The molecule has 3 heterocycles. The Bertz CT molecular complexity index is 663. The van der Waals surface area contributed by atoms with Crippen LogP contribution in [0, 0.1) is 13.8 Å². The van der Waals surface area contributed by atoms with Gasteiger partial charge in [0.15, 0.2) is 5.65 Å². The van der Waals surface area contributed by atoms with Gasteiger partial charge in [-0.2, -0.15) is 5.10 Å². The van der Waals surface area contributed by atoms with Crippen LogP contribution in [0.25, 0.3) is 5.65 Å². The van der Waals surface area contributed by atoms with Gasteiger partial charge in [0, 0.05) is 0 Å². The summed E-state index contributed by atoms with van der Waals surface area (Å²) >= 11 is 0. The van der Waals surface area contributed by atoms with E-state index in [0.29, 0.717) is 0 Å². The molecule has 1 saturated heterocycles. The summed E-state index contributed by atoms with van der Waals surface area (Å²) in [5.74, 6) is 0. The third kappa shape index (κ3) is 2.77. The molecule has 0 unspecified atom stereocenters. The molecule has 6 heteroatoms. The van der Waals surface area contributed by atoms with Gasteiger partial charge in [-0.15, -0.1) is 0 Å². The summed E-state index contributed by atoms with van der Waals surface area (Å²) in [6, 6.07) is 1.99. The molecule has 22 heavy (non-hydrogen) atoms. The second-order valence-corrected chi connectivity index (χ2v) is 6.49. The van der Waals surface area contributed by atoms with Crippen LogP contribution in [-0.4, -0.2) is 32.9 Å². The average molecular weight is 303 g/mol. The summed E-state index contributed by atoms with van der Waals surface area (Å²) in [5, 5.41) is 4.57. The van der Waals surface area contributed by atoms with Crippen molar-refractivity contribution in [2.24, 2.45) is 0 Å². The lowest BCUT2D eigenvalue weighted by molar-refractivity contribution is 0.00578. The number of hydrogen-bond donors (Lipinski definition) is 0. The molecular formula is C16H26BN3O2. The van der Waals surface area contributed by atoms with Crippen LogP contribution < -0.4 is 5.59 Å². The van der Waals surface area contributed by atoms with Crippen molar-refractivity contribution in [1.82, 2.24) is 14.6 Å². The predicted octanol–water partition coefficient (Wildman–Crippen LogP) is 2.67. The first-order chi connectivity index (χ1) is 10.2. The fourth-order valence-corrected chi connectivity index (χ4v) is 2.35. The third-order valence-corrected chi connectivity index (χ3v) is 4.24. The first kappa shape index (κ1) is 17.0. The van der Waals surface area contributed by atoms with Crippen LogP contribution in [-0.2, 0) is 9.31 Å². The number of aromatic nitrogens is 3. The molecule has 0 bridgehead atoms. The molecule has 0 amide bonds. The van der Waals surface area contributed by atoms with Crippen LogP contribution in [0.15, 0.2) is 12.3 Å². The topological polar surface area (TPSA) is 48.7 Å². The summed E-state index contributed by atoms with van der Waals surface area (Å²) in [4.78, 5) is 4.46. The molecule has 0 atom stereocenters. The Hall–Kier alpha value is -1.40. The lowest BCUT2D eigenvalue weighted by atomic mass is 9.84. The van der Waals surface area contributed by atoms with Crippen LogP contribution in [0.2, 0.25) is 0 Å². The molecule has 0 radical (unpaired) electrons. The van der Waals surface area contributed by atoms with Crippen molar-refractivity contribution in [2.45, 2.75) is 66.6 Å². The van der Waals surface area contributed by atoms with Gasteiger partial charge in [-0.05, 0) is 53.2 Å². The Morgan fingerprint density at radius 1 is 1.05 bits per heavy atom. The van der Waals surface area contributed by atoms with Gasteiger partial charge in [0.05, 0.1) is 28.7 Å². The average Bonchev–Trinajstić information content (AvgIpc) is 2.89. The lowest BCUT2D eigenvalue weighted by Gasteiger charge is -2.32. The van der Waals surface area contributed by atoms with E-state index >= 15 is 0 Å². The SMILES string of the molecule is CC.Cc1cn2nc(B3OC(C)(C)C(C)(C)O3)cc(C)c2n1. The molecule has 5 nitrogen and oxygen atoms in total. The normalized spacial score (nSPS) is 19.2. The van der Waals surface area contributed by atoms with Crippen LogP contribution in [0.1, 0.15) is 52.8 Å². The molecule has 0 saturated carbocycles. The highest BCUT2D eigenvalue weighted by molar-refractivity contribution is 6.61. The minimum absolute atomic E-state index is 0.354. The zero-order valence-electron chi connectivity index (χ0n) is 14.9. The van der Waals surface area contributed by atoms with Crippen molar-refractivity contribution in [2.75, 3.05) is 0 Å². The van der Waals surface area contributed by atoms with Gasteiger partial charge in [0.1, 0.15) is 0 Å². The summed E-state index contributed by atoms with van der Waals surface area (Å²) < 4.78 is 13.9. The molecule has 2 aromatic rings. The molecule has 0 spiro atoms. The van der Waals surface area contributed by atoms with Crippen LogP contribution in [0.4, 0.5) is 0 Å². The number of nitrogens with zero attached hydrogens (tertiary/aromatic N) is 3. The van der Waals surface area contributed by atoms with E-state index in [-0.39, 0.29) is 11.2 Å². The monoisotopic (exact) mass is 303 g/mol. The summed E-state index contributed by atoms with van der Waals surface area (Å²) in [7, 11) is -0.439. The number of rotatable bonds is 1. The molecule has 3 rings (SSSR count). The highest BCUT2D eigenvalue weighted by Crippen LogP contribution is 2.36. The first-order valence-corrected chi connectivity index (χ1v) is 7.89. The Kier molecular flexibility index (Phi) is 4.37. The van der Waals surface area contributed by atoms with Gasteiger partial charge in [0.25, 0.3) is 0 Å². The van der Waals surface area contributed by atoms with Gasteiger partial charge in [-0.3, -0.25) is 0 Å². The van der Waals surface area contributed by atoms with Crippen molar-refractivity contribution >= 4 is 18.4 Å². The second kappa shape index (κ2) is 5.67. The molecule has 0 aliphatic carbocycles. The van der Waals surface area contributed by atoms with E-state index < -0.39 is 7.12 Å². The Balaban J connectivity index is 0.000000847. The third-order valence-electron chi connectivity index (χ3n) is 4.24. The maximum absolute atomic E-state index is 6.04. The Morgan fingerprint density at radius 3 is 2.14 bits per heavy atom. The molecule has 2 aromatic heterocycles. The van der Waals surface area contributed by atoms with Crippen molar-refractivity contribution in [3.63, 3.8) is 0 Å². The Labute approximate surface area is 133 Å². The maximum Gasteiger partial charge on any atom is 0.516 e. The molecule has 0 N–H and O–H groups in total. The second-order valence-electron chi connectivity index (χ2n) is 6.49. The van der Waals surface area contributed by atoms with E-state index in [1.54, 1.807) is 4.52 Å². The van der Waals surface area contributed by atoms with Crippen LogP contribution in [0.3, 0.4) is 0 Å². The van der Waals surface area contributed by atoms with Gasteiger partial charge < -0.3 is 9.31 Å². The fraction of sp³-hybridized carbons (Fsp3) is 0.625. The minimum Gasteiger partial charge on any atom is -0.398 e. The van der Waals surface area contributed by atoms with E-state index in [4.69, 9.17) is 9.31 Å². The Morgan fingerprint density at radius 2 is 1.59 bits per heavy atom. The molecule has 120 valence electrons. The number of hydrogen-bond acceptors (Lipinski definition) is 4. The highest BCUT2D eigenvalue weighted by Gasteiger charge is 2.52. The van der Waals surface area contributed by atoms with E-state index in [0.717, 1.165) is 22.5 Å². The molecule has 0 aromatic carbocycles. The van der Waals surface area contributed by atoms with Gasteiger partial charge in [-0.25, -0.2) is 9.50 Å². The molecular weight excluding hydrogens is 277 g/mol. The molecule has 1 aliphatic rings. The van der Waals surface area contributed by atoms with Gasteiger partial charge in [-0.1, -0.05) is 13.8 Å². The van der Waals surface area contributed by atoms with Crippen molar-refractivity contribution in [1.29, 1.82) is 0 Å². The number of fused-ring (bicyclic) bond motifs is 1. The van der Waals surface area contributed by atoms with Crippen LogP contribution in [0.5, 0.6) is 0 Å². The van der Waals surface area contributed by atoms with Crippen LogP contribution >= 0.6 is 0 Å². The minimum atomic E-state index is -0.439. The van der Waals surface area contributed by atoms with E-state index in [2.05, 4.69) is 10.1 Å². The van der Waals surface area contributed by atoms with Crippen molar-refractivity contribution in [3.05, 3.63) is 23.5 Å². The molecule has 1 aliphatic heterocycles. The summed E-state index contributed by atoms with van der Waals surface area (Å²) in [5.41, 5.74) is 2.97. The number of aryl methyl sites for hydroxylation is 2. The van der Waals surface area contributed by atoms with Gasteiger partial charge >= 0.3 is 7.12 Å². The highest BCUT2D eigenvalue weighted by atomic mass is 16.7. The fourth-order valence-electron chi connectivity index (χ4n) is 2.35. The lowest BCUT2D eigenvalue weighted by Crippen LogP contribution is -2.41. The van der Waals surface area contributed by atoms with E-state index in [9.17, 15) is 0 Å². The maximum atomic E-state index is 6.04. The van der Waals surface area contributed by atoms with Crippen molar-refractivity contribution in [3.8, 4) is 0 Å². The zero-order valence-corrected chi connectivity index (χ0v) is 14.9. The quantitative estimate of drug-likeness (QED) is 0.760. The predicted molar refractivity (Wildman–Crippen MR) is 89.5 cm³/mol. The zero-order chi connectivity index (χ0) is 16.7. The van der Waals surface area contributed by atoms with Gasteiger partial charge in [0.2, 0.25) is 0 Å². The largest absolute Gasteiger partial charge is 0.516 e. The smallest absolute Gasteiger partial charge is 0.398 e. The summed E-state index contributed by atoms with van der Waals surface area (Å²) in [6.07, 6.45) is 1.91. The number of imidazole rings is 1. The summed E-state index contributed by atoms with van der Waals surface area (Å²) in [6.45, 7) is 16.2. The first-order valence-electron chi connectivity index (χ1n) is 7.89.